The first-order chi connectivity index (χ1) is 9.45. The summed E-state index contributed by atoms with van der Waals surface area (Å²) in [5, 5.41) is 6.35. The Labute approximate surface area is 122 Å². The second-order valence-electron chi connectivity index (χ2n) is 5.43. The van der Waals surface area contributed by atoms with Crippen molar-refractivity contribution in [1.29, 1.82) is 0 Å². The predicted octanol–water partition coefficient (Wildman–Crippen LogP) is 3.62. The van der Waals surface area contributed by atoms with E-state index in [0.29, 0.717) is 6.04 Å². The van der Waals surface area contributed by atoms with E-state index in [1.165, 1.54) is 5.56 Å². The summed E-state index contributed by atoms with van der Waals surface area (Å²) in [4.78, 5) is 13.6. The molecule has 4 heteroatoms. The van der Waals surface area contributed by atoms with Gasteiger partial charge in [0.1, 0.15) is 0 Å². The maximum atomic E-state index is 11.9. The van der Waals surface area contributed by atoms with E-state index in [0.717, 1.165) is 18.7 Å². The number of amides is 2. The lowest BCUT2D eigenvalue weighted by Crippen LogP contribution is -2.36. The molecule has 0 aliphatic heterocycles. The monoisotopic (exact) mass is 277 g/mol. The van der Waals surface area contributed by atoms with Gasteiger partial charge in [-0.1, -0.05) is 19.1 Å². The molecule has 1 rings (SSSR count). The van der Waals surface area contributed by atoms with Gasteiger partial charge in [-0.05, 0) is 51.4 Å². The van der Waals surface area contributed by atoms with E-state index >= 15 is 0 Å². The minimum Gasteiger partial charge on any atom is -0.325 e. The van der Waals surface area contributed by atoms with Gasteiger partial charge in [-0.2, -0.15) is 0 Å². The lowest BCUT2D eigenvalue weighted by molar-refractivity contribution is 0.211. The fourth-order valence-electron chi connectivity index (χ4n) is 1.78. The number of carbonyl (C=O) groups excluding carboxylic acids is 1. The van der Waals surface area contributed by atoms with E-state index in [9.17, 15) is 4.79 Å². The molecule has 0 heterocycles. The Hall–Kier alpha value is -1.55. The number of hydrogen-bond donors (Lipinski definition) is 2. The molecule has 0 radical (unpaired) electrons. The minimum absolute atomic E-state index is 0.0788. The summed E-state index contributed by atoms with van der Waals surface area (Å²) < 4.78 is 0. The molecule has 20 heavy (non-hydrogen) atoms. The third-order valence-electron chi connectivity index (χ3n) is 3.46. The molecule has 1 unspecified atom stereocenters. The Bertz CT molecular complexity index is 414. The van der Waals surface area contributed by atoms with Crippen LogP contribution >= 0.6 is 0 Å². The van der Waals surface area contributed by atoms with Crippen LogP contribution in [0, 0.1) is 0 Å². The average Bonchev–Trinajstić information content (AvgIpc) is 2.44. The van der Waals surface area contributed by atoms with Crippen molar-refractivity contribution in [2.45, 2.75) is 46.2 Å². The summed E-state index contributed by atoms with van der Waals surface area (Å²) in [6.45, 7) is 9.30. The molecular formula is C16H27N3O. The first-order valence-electron chi connectivity index (χ1n) is 7.32. The van der Waals surface area contributed by atoms with E-state index in [1.54, 1.807) is 11.9 Å². The Balaban J connectivity index is 2.60. The third-order valence-corrected chi connectivity index (χ3v) is 3.46. The minimum atomic E-state index is -0.0788. The van der Waals surface area contributed by atoms with Crippen molar-refractivity contribution >= 4 is 11.7 Å². The van der Waals surface area contributed by atoms with Crippen LogP contribution in [-0.2, 0) is 0 Å². The number of anilines is 1. The van der Waals surface area contributed by atoms with Crippen molar-refractivity contribution in [2.75, 3.05) is 18.9 Å². The highest BCUT2D eigenvalue weighted by Crippen LogP contribution is 2.16. The molecule has 4 nitrogen and oxygen atoms in total. The number of nitrogens with one attached hydrogen (secondary N) is 2. The maximum absolute atomic E-state index is 11.9. The highest BCUT2D eigenvalue weighted by atomic mass is 16.2. The Morgan fingerprint density at radius 3 is 2.30 bits per heavy atom. The summed E-state index contributed by atoms with van der Waals surface area (Å²) >= 11 is 0. The smallest absolute Gasteiger partial charge is 0.321 e. The van der Waals surface area contributed by atoms with Crippen LogP contribution in [0.5, 0.6) is 0 Å². The molecule has 0 fully saturated rings. The third kappa shape index (κ3) is 4.85. The van der Waals surface area contributed by atoms with Crippen molar-refractivity contribution in [3.05, 3.63) is 29.8 Å². The maximum Gasteiger partial charge on any atom is 0.321 e. The van der Waals surface area contributed by atoms with Crippen molar-refractivity contribution in [2.24, 2.45) is 0 Å². The van der Waals surface area contributed by atoms with E-state index in [1.807, 2.05) is 26.0 Å². The molecule has 112 valence electrons. The number of benzene rings is 1. The van der Waals surface area contributed by atoms with Crippen LogP contribution in [0.1, 0.15) is 45.7 Å². The Morgan fingerprint density at radius 2 is 1.80 bits per heavy atom. The van der Waals surface area contributed by atoms with Crippen LogP contribution in [0.15, 0.2) is 24.3 Å². The molecule has 2 amide bonds. The van der Waals surface area contributed by atoms with Crippen LogP contribution in [-0.4, -0.2) is 30.6 Å². The van der Waals surface area contributed by atoms with Gasteiger partial charge in [0.05, 0.1) is 0 Å². The fourth-order valence-corrected chi connectivity index (χ4v) is 1.78. The van der Waals surface area contributed by atoms with E-state index < -0.39 is 0 Å². The standard InChI is InChI=1S/C16H27N3O/c1-6-11-17-13(4)14-7-9-15(10-8-14)18-16(20)19(5)12(2)3/h7-10,12-13,17H,6,11H2,1-5H3,(H,18,20). The zero-order valence-electron chi connectivity index (χ0n) is 13.2. The molecule has 0 spiro atoms. The second kappa shape index (κ2) is 7.90. The van der Waals surface area contributed by atoms with Crippen LogP contribution in [0.2, 0.25) is 0 Å². The van der Waals surface area contributed by atoms with Crippen LogP contribution in [0.25, 0.3) is 0 Å². The second-order valence-corrected chi connectivity index (χ2v) is 5.43. The number of carbonyl (C=O) groups is 1. The van der Waals surface area contributed by atoms with Gasteiger partial charge in [-0.25, -0.2) is 4.79 Å². The van der Waals surface area contributed by atoms with E-state index in [4.69, 9.17) is 0 Å². The fraction of sp³-hybridized carbons (Fsp3) is 0.562. The molecule has 0 saturated heterocycles. The SMILES string of the molecule is CCCNC(C)c1ccc(NC(=O)N(C)C(C)C)cc1. The molecule has 2 N–H and O–H groups in total. The quantitative estimate of drug-likeness (QED) is 0.834. The molecule has 0 aliphatic rings. The molecule has 0 bridgehead atoms. The molecule has 0 saturated carbocycles. The Kier molecular flexibility index (Phi) is 6.52. The first kappa shape index (κ1) is 16.5. The summed E-state index contributed by atoms with van der Waals surface area (Å²) in [5.74, 6) is 0. The summed E-state index contributed by atoms with van der Waals surface area (Å²) in [5.41, 5.74) is 2.06. The molecule has 0 aromatic heterocycles. The van der Waals surface area contributed by atoms with E-state index in [-0.39, 0.29) is 12.1 Å². The van der Waals surface area contributed by atoms with Gasteiger partial charge in [-0.3, -0.25) is 0 Å². The van der Waals surface area contributed by atoms with Crippen LogP contribution in [0.4, 0.5) is 10.5 Å². The summed E-state index contributed by atoms with van der Waals surface area (Å²) in [6.07, 6.45) is 1.13. The molecule has 1 atom stereocenters. The van der Waals surface area contributed by atoms with Gasteiger partial charge in [0.2, 0.25) is 0 Å². The van der Waals surface area contributed by atoms with Gasteiger partial charge in [0.25, 0.3) is 0 Å². The van der Waals surface area contributed by atoms with Crippen molar-refractivity contribution in [1.82, 2.24) is 10.2 Å². The van der Waals surface area contributed by atoms with Gasteiger partial charge < -0.3 is 15.5 Å². The van der Waals surface area contributed by atoms with Crippen LogP contribution < -0.4 is 10.6 Å². The molecular weight excluding hydrogens is 250 g/mol. The van der Waals surface area contributed by atoms with Gasteiger partial charge in [0, 0.05) is 24.8 Å². The lowest BCUT2D eigenvalue weighted by atomic mass is 10.1. The van der Waals surface area contributed by atoms with Crippen molar-refractivity contribution < 1.29 is 4.79 Å². The van der Waals surface area contributed by atoms with Gasteiger partial charge in [0.15, 0.2) is 0 Å². The lowest BCUT2D eigenvalue weighted by Gasteiger charge is -2.22. The van der Waals surface area contributed by atoms with Gasteiger partial charge in [-0.15, -0.1) is 0 Å². The molecule has 1 aromatic rings. The van der Waals surface area contributed by atoms with Gasteiger partial charge >= 0.3 is 6.03 Å². The number of nitrogens with zero attached hydrogens (tertiary/aromatic N) is 1. The Morgan fingerprint density at radius 1 is 1.20 bits per heavy atom. The topological polar surface area (TPSA) is 44.4 Å². The number of urea groups is 1. The summed E-state index contributed by atoms with van der Waals surface area (Å²) in [7, 11) is 1.80. The highest BCUT2D eigenvalue weighted by Gasteiger charge is 2.11. The first-order valence-corrected chi connectivity index (χ1v) is 7.32. The predicted molar refractivity (Wildman–Crippen MR) is 85.1 cm³/mol. The highest BCUT2D eigenvalue weighted by molar-refractivity contribution is 5.89. The zero-order chi connectivity index (χ0) is 15.1. The molecule has 1 aromatic carbocycles. The average molecular weight is 277 g/mol. The normalized spacial score (nSPS) is 12.3. The zero-order valence-corrected chi connectivity index (χ0v) is 13.2. The van der Waals surface area contributed by atoms with E-state index in [2.05, 4.69) is 36.6 Å². The number of rotatable bonds is 6. The largest absolute Gasteiger partial charge is 0.325 e. The van der Waals surface area contributed by atoms with Crippen molar-refractivity contribution in [3.8, 4) is 0 Å². The summed E-state index contributed by atoms with van der Waals surface area (Å²) in [6, 6.07) is 8.45. The molecule has 0 aliphatic carbocycles. The van der Waals surface area contributed by atoms with Crippen LogP contribution in [0.3, 0.4) is 0 Å². The van der Waals surface area contributed by atoms with Crippen molar-refractivity contribution in [3.63, 3.8) is 0 Å². The number of hydrogen-bond acceptors (Lipinski definition) is 2.